The van der Waals surface area contributed by atoms with Crippen LogP contribution in [0.15, 0.2) is 53.4 Å². The van der Waals surface area contributed by atoms with E-state index >= 15 is 0 Å². The largest absolute Gasteiger partial charge is 0.478 e. The Kier molecular flexibility index (Phi) is 4.64. The van der Waals surface area contributed by atoms with Gasteiger partial charge in [0.2, 0.25) is 10.0 Å². The number of hydrogen-bond acceptors (Lipinski definition) is 4. The van der Waals surface area contributed by atoms with Crippen molar-refractivity contribution in [2.24, 2.45) is 0 Å². The third-order valence-electron chi connectivity index (χ3n) is 5.13. The third-order valence-corrected chi connectivity index (χ3v) is 7.03. The number of rotatable bonds is 4. The van der Waals surface area contributed by atoms with Crippen LogP contribution in [0.5, 0.6) is 0 Å². The van der Waals surface area contributed by atoms with E-state index in [0.29, 0.717) is 29.7 Å². The zero-order valence-corrected chi connectivity index (χ0v) is 16.2. The molecule has 4 rings (SSSR count). The molecule has 28 heavy (non-hydrogen) atoms. The SMILES string of the molecule is Cc1ccccc1-c1cc(C(=O)O)c2cc(S(=O)(=O)N3CCCC3)ccc2n1. The maximum atomic E-state index is 12.9. The summed E-state index contributed by atoms with van der Waals surface area (Å²) in [5.41, 5.74) is 2.89. The molecule has 0 atom stereocenters. The predicted octanol–water partition coefficient (Wildman–Crippen LogP) is 3.69. The van der Waals surface area contributed by atoms with Gasteiger partial charge in [0.15, 0.2) is 0 Å². The quantitative estimate of drug-likeness (QED) is 0.727. The molecule has 1 aliphatic rings. The molecule has 3 aromatic rings. The molecule has 0 bridgehead atoms. The number of carbonyl (C=O) groups is 1. The molecule has 0 unspecified atom stereocenters. The number of nitrogens with zero attached hydrogens (tertiary/aromatic N) is 2. The topological polar surface area (TPSA) is 87.6 Å². The van der Waals surface area contributed by atoms with Crippen LogP contribution in [0.25, 0.3) is 22.2 Å². The summed E-state index contributed by atoms with van der Waals surface area (Å²) < 4.78 is 27.1. The Morgan fingerprint density at radius 2 is 1.79 bits per heavy atom. The first kappa shape index (κ1) is 18.6. The molecule has 0 amide bonds. The molecule has 0 radical (unpaired) electrons. The normalized spacial score (nSPS) is 15.2. The van der Waals surface area contributed by atoms with Gasteiger partial charge in [-0.2, -0.15) is 4.31 Å². The summed E-state index contributed by atoms with van der Waals surface area (Å²) in [5, 5.41) is 10.1. The summed E-state index contributed by atoms with van der Waals surface area (Å²) in [4.78, 5) is 16.6. The fraction of sp³-hybridized carbons (Fsp3) is 0.238. The number of carboxylic acid groups (broad SMARTS) is 1. The molecule has 0 spiro atoms. The van der Waals surface area contributed by atoms with Crippen LogP contribution in [0.2, 0.25) is 0 Å². The molecule has 2 aromatic carbocycles. The van der Waals surface area contributed by atoms with Crippen molar-refractivity contribution < 1.29 is 18.3 Å². The molecular weight excluding hydrogens is 376 g/mol. The molecule has 0 aliphatic carbocycles. The monoisotopic (exact) mass is 396 g/mol. The summed E-state index contributed by atoms with van der Waals surface area (Å²) >= 11 is 0. The number of aryl methyl sites for hydroxylation is 1. The third kappa shape index (κ3) is 3.16. The van der Waals surface area contributed by atoms with Gasteiger partial charge in [0.1, 0.15) is 0 Å². The molecule has 6 nitrogen and oxygen atoms in total. The second-order valence-electron chi connectivity index (χ2n) is 6.97. The van der Waals surface area contributed by atoms with E-state index in [9.17, 15) is 18.3 Å². The Balaban J connectivity index is 1.90. The van der Waals surface area contributed by atoms with E-state index < -0.39 is 16.0 Å². The van der Waals surface area contributed by atoms with Crippen molar-refractivity contribution in [3.63, 3.8) is 0 Å². The Hall–Kier alpha value is -2.77. The number of sulfonamides is 1. The van der Waals surface area contributed by atoms with Crippen molar-refractivity contribution in [2.45, 2.75) is 24.7 Å². The van der Waals surface area contributed by atoms with Crippen molar-refractivity contribution in [1.82, 2.24) is 9.29 Å². The summed E-state index contributed by atoms with van der Waals surface area (Å²) in [6, 6.07) is 13.7. The molecular formula is C21H20N2O4S. The zero-order chi connectivity index (χ0) is 19.9. The Labute approximate surface area is 163 Å². The number of aromatic nitrogens is 1. The standard InChI is InChI=1S/C21H20N2O4S/c1-14-6-2-3-7-16(14)20-13-18(21(24)25)17-12-15(8-9-19(17)22-20)28(26,27)23-10-4-5-11-23/h2-3,6-9,12-13H,4-5,10-11H2,1H3,(H,24,25). The molecule has 1 fully saturated rings. The Bertz CT molecular complexity index is 1180. The molecule has 0 saturated carbocycles. The number of fused-ring (bicyclic) bond motifs is 1. The lowest BCUT2D eigenvalue weighted by Crippen LogP contribution is -2.27. The number of pyridine rings is 1. The lowest BCUT2D eigenvalue weighted by molar-refractivity contribution is 0.0699. The highest BCUT2D eigenvalue weighted by Gasteiger charge is 2.28. The summed E-state index contributed by atoms with van der Waals surface area (Å²) in [5.74, 6) is -1.11. The predicted molar refractivity (Wildman–Crippen MR) is 107 cm³/mol. The first-order valence-corrected chi connectivity index (χ1v) is 10.6. The average Bonchev–Trinajstić information content (AvgIpc) is 3.22. The van der Waals surface area contributed by atoms with Crippen LogP contribution in [0, 0.1) is 6.92 Å². The minimum atomic E-state index is -3.63. The van der Waals surface area contributed by atoms with Gasteiger partial charge in [-0.1, -0.05) is 24.3 Å². The van der Waals surface area contributed by atoms with Crippen molar-refractivity contribution in [3.05, 3.63) is 59.7 Å². The number of carboxylic acids is 1. The summed E-state index contributed by atoms with van der Waals surface area (Å²) in [6.45, 7) is 2.93. The summed E-state index contributed by atoms with van der Waals surface area (Å²) in [6.07, 6.45) is 1.68. The molecule has 1 aromatic heterocycles. The smallest absolute Gasteiger partial charge is 0.336 e. The van der Waals surface area contributed by atoms with Gasteiger partial charge in [-0.25, -0.2) is 18.2 Å². The first-order chi connectivity index (χ1) is 13.4. The first-order valence-electron chi connectivity index (χ1n) is 9.12. The minimum absolute atomic E-state index is 0.0433. The van der Waals surface area contributed by atoms with Gasteiger partial charge < -0.3 is 5.11 Å². The molecule has 1 N–H and O–H groups in total. The van der Waals surface area contributed by atoms with Crippen LogP contribution in [-0.4, -0.2) is 41.9 Å². The van der Waals surface area contributed by atoms with Crippen LogP contribution >= 0.6 is 0 Å². The van der Waals surface area contributed by atoms with Gasteiger partial charge in [-0.05, 0) is 49.6 Å². The maximum absolute atomic E-state index is 12.9. The van der Waals surface area contributed by atoms with Gasteiger partial charge in [0.25, 0.3) is 0 Å². The second-order valence-corrected chi connectivity index (χ2v) is 8.90. The lowest BCUT2D eigenvalue weighted by atomic mass is 10.0. The van der Waals surface area contributed by atoms with Crippen molar-refractivity contribution in [2.75, 3.05) is 13.1 Å². The van der Waals surface area contributed by atoms with E-state index in [2.05, 4.69) is 4.98 Å². The van der Waals surface area contributed by atoms with Crippen LogP contribution < -0.4 is 0 Å². The van der Waals surface area contributed by atoms with E-state index in [0.717, 1.165) is 24.0 Å². The Morgan fingerprint density at radius 3 is 2.46 bits per heavy atom. The van der Waals surface area contributed by atoms with Crippen LogP contribution in [0.4, 0.5) is 0 Å². The van der Waals surface area contributed by atoms with Crippen molar-refractivity contribution in [3.8, 4) is 11.3 Å². The number of hydrogen-bond donors (Lipinski definition) is 1. The maximum Gasteiger partial charge on any atom is 0.336 e. The van der Waals surface area contributed by atoms with E-state index in [1.54, 1.807) is 6.07 Å². The molecule has 2 heterocycles. The van der Waals surface area contributed by atoms with Gasteiger partial charge in [0, 0.05) is 24.0 Å². The molecule has 1 aliphatic heterocycles. The molecule has 144 valence electrons. The molecule has 1 saturated heterocycles. The van der Waals surface area contributed by atoms with E-state index in [-0.39, 0.29) is 10.5 Å². The van der Waals surface area contributed by atoms with Gasteiger partial charge in [0.05, 0.1) is 21.7 Å². The van der Waals surface area contributed by atoms with Crippen LogP contribution in [-0.2, 0) is 10.0 Å². The van der Waals surface area contributed by atoms with Crippen molar-refractivity contribution in [1.29, 1.82) is 0 Å². The zero-order valence-electron chi connectivity index (χ0n) is 15.4. The highest BCUT2D eigenvalue weighted by Crippen LogP contribution is 2.30. The summed E-state index contributed by atoms with van der Waals surface area (Å²) in [7, 11) is -3.63. The average molecular weight is 396 g/mol. The highest BCUT2D eigenvalue weighted by atomic mass is 32.2. The van der Waals surface area contributed by atoms with Gasteiger partial charge in [-0.3, -0.25) is 0 Å². The fourth-order valence-corrected chi connectivity index (χ4v) is 5.16. The van der Waals surface area contributed by atoms with E-state index in [4.69, 9.17) is 0 Å². The number of aromatic carboxylic acids is 1. The minimum Gasteiger partial charge on any atom is -0.478 e. The van der Waals surface area contributed by atoms with Crippen molar-refractivity contribution >= 4 is 26.9 Å². The number of benzene rings is 2. The van der Waals surface area contributed by atoms with Crippen LogP contribution in [0.1, 0.15) is 28.8 Å². The van der Waals surface area contributed by atoms with Gasteiger partial charge >= 0.3 is 5.97 Å². The Morgan fingerprint density at radius 1 is 1.07 bits per heavy atom. The fourth-order valence-electron chi connectivity index (χ4n) is 3.62. The van der Waals surface area contributed by atoms with Gasteiger partial charge in [-0.15, -0.1) is 0 Å². The van der Waals surface area contributed by atoms with E-state index in [1.165, 1.54) is 22.5 Å². The lowest BCUT2D eigenvalue weighted by Gasteiger charge is -2.16. The molecule has 7 heteroatoms. The van der Waals surface area contributed by atoms with E-state index in [1.807, 2.05) is 31.2 Å². The van der Waals surface area contributed by atoms with Crippen LogP contribution in [0.3, 0.4) is 0 Å². The highest BCUT2D eigenvalue weighted by molar-refractivity contribution is 7.89. The second kappa shape index (κ2) is 7.00.